The maximum absolute atomic E-state index is 10.2. The van der Waals surface area contributed by atoms with Gasteiger partial charge in [-0.2, -0.15) is 0 Å². The maximum Gasteiger partial charge on any atom is 0.303 e. The number of aliphatic carboxylic acids is 2. The van der Waals surface area contributed by atoms with E-state index >= 15 is 0 Å². The van der Waals surface area contributed by atoms with Crippen LogP contribution < -0.4 is 0 Å². The van der Waals surface area contributed by atoms with Crippen molar-refractivity contribution in [3.8, 4) is 0 Å². The van der Waals surface area contributed by atoms with Crippen molar-refractivity contribution in [2.75, 3.05) is 0 Å². The van der Waals surface area contributed by atoms with E-state index in [1.54, 1.807) is 0 Å². The van der Waals surface area contributed by atoms with Crippen LogP contribution in [0.5, 0.6) is 0 Å². The van der Waals surface area contributed by atoms with E-state index in [0.717, 1.165) is 32.1 Å². The molecule has 4 nitrogen and oxygen atoms in total. The normalized spacial score (nSPS) is 10.4. The molecule has 158 valence electrons. The molecule has 2 N–H and O–H groups in total. The molecule has 0 bridgehead atoms. The van der Waals surface area contributed by atoms with Gasteiger partial charge in [0.15, 0.2) is 0 Å². The van der Waals surface area contributed by atoms with Crippen LogP contribution in [0.3, 0.4) is 0 Å². The van der Waals surface area contributed by atoms with Gasteiger partial charge in [-0.05, 0) is 45.4 Å². The zero-order valence-corrected chi connectivity index (χ0v) is 17.5. The van der Waals surface area contributed by atoms with E-state index in [-0.39, 0.29) is 0 Å². The predicted molar refractivity (Wildman–Crippen MR) is 114 cm³/mol. The van der Waals surface area contributed by atoms with Crippen LogP contribution in [-0.2, 0) is 9.59 Å². The molecular formula is C23H42O4. The second-order valence-corrected chi connectivity index (χ2v) is 6.97. The summed E-state index contributed by atoms with van der Waals surface area (Å²) >= 11 is 0. The molecule has 27 heavy (non-hydrogen) atoms. The van der Waals surface area contributed by atoms with E-state index in [2.05, 4.69) is 18.7 Å². The second kappa shape index (κ2) is 24.4. The number of hydrogen-bond acceptors (Lipinski definition) is 2. The van der Waals surface area contributed by atoms with E-state index < -0.39 is 11.9 Å². The molecule has 0 amide bonds. The molecule has 0 saturated carbocycles. The van der Waals surface area contributed by atoms with Gasteiger partial charge < -0.3 is 10.2 Å². The lowest BCUT2D eigenvalue weighted by molar-refractivity contribution is -0.138. The highest BCUT2D eigenvalue weighted by molar-refractivity contribution is 5.66. The zero-order chi connectivity index (χ0) is 20.6. The van der Waals surface area contributed by atoms with Crippen LogP contribution in [0.2, 0.25) is 0 Å². The molecule has 0 aliphatic rings. The van der Waals surface area contributed by atoms with Gasteiger partial charge in [0.25, 0.3) is 0 Å². The van der Waals surface area contributed by atoms with Gasteiger partial charge in [-0.1, -0.05) is 69.6 Å². The molecule has 0 saturated heterocycles. The quantitative estimate of drug-likeness (QED) is 0.195. The van der Waals surface area contributed by atoms with Crippen LogP contribution in [0.1, 0.15) is 110 Å². The van der Waals surface area contributed by atoms with Crippen molar-refractivity contribution in [1.82, 2.24) is 0 Å². The van der Waals surface area contributed by atoms with Crippen molar-refractivity contribution in [2.45, 2.75) is 110 Å². The number of unbranched alkanes of at least 4 members (excludes halogenated alkanes) is 12. The Kier molecular flexibility index (Phi) is 25.0. The van der Waals surface area contributed by atoms with Crippen molar-refractivity contribution in [1.29, 1.82) is 0 Å². The van der Waals surface area contributed by atoms with E-state index in [9.17, 15) is 9.59 Å². The topological polar surface area (TPSA) is 74.6 Å². The molecule has 0 unspecified atom stereocenters. The number of rotatable bonds is 18. The van der Waals surface area contributed by atoms with Crippen LogP contribution in [0.4, 0.5) is 0 Å². The summed E-state index contributed by atoms with van der Waals surface area (Å²) in [6, 6.07) is 0. The molecule has 4 heteroatoms. The first-order valence-electron chi connectivity index (χ1n) is 10.7. The second-order valence-electron chi connectivity index (χ2n) is 6.97. The molecule has 0 heterocycles. The number of carbonyl (C=O) groups is 2. The Hall–Kier alpha value is -1.58. The first-order chi connectivity index (χ1) is 13.0. The SMILES string of the molecule is C/C=C\CCCCCCCCC(=O)O.C=CCCCCCCCCC(=O)O. The Morgan fingerprint density at radius 2 is 1.04 bits per heavy atom. The molecular weight excluding hydrogens is 340 g/mol. The molecule has 0 aromatic rings. The summed E-state index contributed by atoms with van der Waals surface area (Å²) in [5.74, 6) is -1.34. The number of hydrogen-bond donors (Lipinski definition) is 2. The third-order valence-electron chi connectivity index (χ3n) is 4.30. The molecule has 0 aromatic heterocycles. The minimum atomic E-state index is -0.674. The average Bonchev–Trinajstić information content (AvgIpc) is 2.62. The van der Waals surface area contributed by atoms with Gasteiger partial charge in [0.1, 0.15) is 0 Å². The van der Waals surface area contributed by atoms with Gasteiger partial charge in [0.2, 0.25) is 0 Å². The first-order valence-corrected chi connectivity index (χ1v) is 10.7. The molecule has 0 aromatic carbocycles. The third kappa shape index (κ3) is 32.5. The standard InChI is InChI=1S/C12H22O2.C11H20O2/c1-2-3-4-5-6-7-8-9-10-11-12(13)14;1-2-3-4-5-6-7-8-9-10-11(12)13/h2-3H,4-11H2,1H3,(H,13,14);2H,1,3-10H2,(H,12,13)/b3-2-;. The highest BCUT2D eigenvalue weighted by Gasteiger charge is 1.96. The van der Waals surface area contributed by atoms with Crippen molar-refractivity contribution >= 4 is 11.9 Å². The van der Waals surface area contributed by atoms with Crippen molar-refractivity contribution in [2.24, 2.45) is 0 Å². The van der Waals surface area contributed by atoms with Gasteiger partial charge in [0.05, 0.1) is 0 Å². The molecule has 0 spiro atoms. The van der Waals surface area contributed by atoms with Crippen LogP contribution >= 0.6 is 0 Å². The van der Waals surface area contributed by atoms with Gasteiger partial charge in [-0.25, -0.2) is 0 Å². The van der Waals surface area contributed by atoms with Crippen molar-refractivity contribution in [3.63, 3.8) is 0 Å². The van der Waals surface area contributed by atoms with Gasteiger partial charge >= 0.3 is 11.9 Å². The van der Waals surface area contributed by atoms with Crippen LogP contribution in [0.25, 0.3) is 0 Å². The Morgan fingerprint density at radius 3 is 1.41 bits per heavy atom. The Balaban J connectivity index is 0. The van der Waals surface area contributed by atoms with Crippen molar-refractivity contribution in [3.05, 3.63) is 24.8 Å². The van der Waals surface area contributed by atoms with E-state index in [1.807, 2.05) is 13.0 Å². The summed E-state index contributed by atoms with van der Waals surface area (Å²) in [5, 5.41) is 16.8. The lowest BCUT2D eigenvalue weighted by Gasteiger charge is -1.98. The smallest absolute Gasteiger partial charge is 0.303 e. The third-order valence-corrected chi connectivity index (χ3v) is 4.30. The zero-order valence-electron chi connectivity index (χ0n) is 17.5. The molecule has 0 aliphatic heterocycles. The van der Waals surface area contributed by atoms with E-state index in [1.165, 1.54) is 57.8 Å². The summed E-state index contributed by atoms with van der Waals surface area (Å²) in [7, 11) is 0. The number of carboxylic acids is 2. The molecule has 0 atom stereocenters. The monoisotopic (exact) mass is 382 g/mol. The highest BCUT2D eigenvalue weighted by Crippen LogP contribution is 2.09. The average molecular weight is 383 g/mol. The Bertz CT molecular complexity index is 375. The van der Waals surface area contributed by atoms with Crippen molar-refractivity contribution < 1.29 is 19.8 Å². The van der Waals surface area contributed by atoms with Gasteiger partial charge in [0, 0.05) is 12.8 Å². The number of carboxylic acid groups (broad SMARTS) is 2. The molecule has 0 rings (SSSR count). The summed E-state index contributed by atoms with van der Waals surface area (Å²) in [6.07, 6.45) is 22.8. The summed E-state index contributed by atoms with van der Waals surface area (Å²) in [6.45, 7) is 5.71. The summed E-state index contributed by atoms with van der Waals surface area (Å²) < 4.78 is 0. The summed E-state index contributed by atoms with van der Waals surface area (Å²) in [5.41, 5.74) is 0. The Morgan fingerprint density at radius 1 is 0.667 bits per heavy atom. The molecule has 0 fully saturated rings. The minimum absolute atomic E-state index is 0.326. The molecule has 0 aliphatic carbocycles. The molecule has 0 radical (unpaired) electrons. The fraction of sp³-hybridized carbons (Fsp3) is 0.739. The Labute approximate surface area is 166 Å². The van der Waals surface area contributed by atoms with E-state index in [4.69, 9.17) is 10.2 Å². The maximum atomic E-state index is 10.2. The lowest BCUT2D eigenvalue weighted by atomic mass is 10.1. The fourth-order valence-corrected chi connectivity index (χ4v) is 2.68. The largest absolute Gasteiger partial charge is 0.481 e. The van der Waals surface area contributed by atoms with E-state index in [0.29, 0.717) is 12.8 Å². The van der Waals surface area contributed by atoms with Gasteiger partial charge in [-0.15, -0.1) is 6.58 Å². The van der Waals surface area contributed by atoms with Crippen LogP contribution in [0, 0.1) is 0 Å². The summed E-state index contributed by atoms with van der Waals surface area (Å²) in [4.78, 5) is 20.4. The lowest BCUT2D eigenvalue weighted by Crippen LogP contribution is -1.93. The van der Waals surface area contributed by atoms with Gasteiger partial charge in [-0.3, -0.25) is 9.59 Å². The minimum Gasteiger partial charge on any atom is -0.481 e. The first kappa shape index (κ1) is 27.6. The van der Waals surface area contributed by atoms with Crippen LogP contribution in [-0.4, -0.2) is 22.2 Å². The fourth-order valence-electron chi connectivity index (χ4n) is 2.68. The highest BCUT2D eigenvalue weighted by atomic mass is 16.4. The predicted octanol–water partition coefficient (Wildman–Crippen LogP) is 7.15. The van der Waals surface area contributed by atoms with Crippen LogP contribution in [0.15, 0.2) is 24.8 Å². The number of allylic oxidation sites excluding steroid dienone is 3.